The molecule has 0 saturated carbocycles. The van der Waals surface area contributed by atoms with Gasteiger partial charge in [0, 0.05) is 38.6 Å². The maximum Gasteiger partial charge on any atom is 0.164 e. The van der Waals surface area contributed by atoms with Crippen molar-refractivity contribution in [1.82, 2.24) is 15.0 Å². The monoisotopic (exact) mass is 677 g/mol. The minimum absolute atomic E-state index is 0.584. The van der Waals surface area contributed by atoms with E-state index < -0.39 is 0 Å². The minimum atomic E-state index is 0.584. The van der Waals surface area contributed by atoms with E-state index in [2.05, 4.69) is 146 Å². The molecule has 0 aliphatic heterocycles. The summed E-state index contributed by atoms with van der Waals surface area (Å²) in [6, 6.07) is 65.0. The second kappa shape index (κ2) is 12.9. The van der Waals surface area contributed by atoms with Crippen molar-refractivity contribution in [3.8, 4) is 67.5 Å². The van der Waals surface area contributed by atoms with Crippen LogP contribution < -0.4 is 0 Å². The van der Waals surface area contributed by atoms with Gasteiger partial charge >= 0.3 is 0 Å². The van der Waals surface area contributed by atoms with Gasteiger partial charge in [-0.2, -0.15) is 0 Å². The topological polar surface area (TPSA) is 51.8 Å². The number of furan rings is 1. The molecule has 2 aromatic heterocycles. The van der Waals surface area contributed by atoms with Crippen LogP contribution in [0.1, 0.15) is 0 Å². The van der Waals surface area contributed by atoms with Crippen LogP contribution in [0.25, 0.3) is 100 Å². The van der Waals surface area contributed by atoms with E-state index >= 15 is 0 Å². The third kappa shape index (κ3) is 5.45. The standard InChI is InChI=1S/C49H31N3O/c1-5-16-32(17-6-1)37-30-42(35-20-9-3-10-21-35)45-43(31-37)44-41(29-28-39(46(44)53-45)34-18-7-2-8-19-34)49-51-47(36-23-11-4-12-24-36)50-48(52-49)40-27-15-25-33-22-13-14-26-38(33)40/h1-31H. The molecule has 0 aliphatic carbocycles. The number of hydrogen-bond donors (Lipinski definition) is 0. The molecule has 0 fully saturated rings. The lowest BCUT2D eigenvalue weighted by Gasteiger charge is -2.12. The van der Waals surface area contributed by atoms with E-state index in [4.69, 9.17) is 19.4 Å². The summed E-state index contributed by atoms with van der Waals surface area (Å²) in [7, 11) is 0. The fourth-order valence-electron chi connectivity index (χ4n) is 7.40. The zero-order valence-corrected chi connectivity index (χ0v) is 28.6. The van der Waals surface area contributed by atoms with Crippen LogP contribution in [0, 0.1) is 0 Å². The third-order valence-corrected chi connectivity index (χ3v) is 9.94. The molecule has 8 aromatic carbocycles. The fraction of sp³-hybridized carbons (Fsp3) is 0. The van der Waals surface area contributed by atoms with Crippen molar-refractivity contribution in [2.45, 2.75) is 0 Å². The molecule has 0 radical (unpaired) electrons. The number of fused-ring (bicyclic) bond motifs is 4. The van der Waals surface area contributed by atoms with Gasteiger partial charge in [-0.05, 0) is 57.3 Å². The van der Waals surface area contributed by atoms with Gasteiger partial charge in [-0.25, -0.2) is 15.0 Å². The Labute approximate surface area is 306 Å². The summed E-state index contributed by atoms with van der Waals surface area (Å²) in [5, 5.41) is 4.18. The summed E-state index contributed by atoms with van der Waals surface area (Å²) in [5.41, 5.74) is 10.8. The summed E-state index contributed by atoms with van der Waals surface area (Å²) in [4.78, 5) is 15.6. The quantitative estimate of drug-likeness (QED) is 0.176. The highest BCUT2D eigenvalue weighted by Gasteiger charge is 2.23. The van der Waals surface area contributed by atoms with Crippen LogP contribution in [0.3, 0.4) is 0 Å². The Hall–Kier alpha value is -7.17. The van der Waals surface area contributed by atoms with E-state index in [1.165, 1.54) is 0 Å². The Balaban J connectivity index is 1.32. The Kier molecular flexibility index (Phi) is 7.43. The predicted octanol–water partition coefficient (Wildman–Crippen LogP) is 12.9. The molecule has 0 N–H and O–H groups in total. The summed E-state index contributed by atoms with van der Waals surface area (Å²) in [6.07, 6.45) is 0. The van der Waals surface area contributed by atoms with Crippen molar-refractivity contribution in [2.24, 2.45) is 0 Å². The highest BCUT2D eigenvalue weighted by molar-refractivity contribution is 6.19. The van der Waals surface area contributed by atoms with Gasteiger partial charge in [-0.3, -0.25) is 0 Å². The van der Waals surface area contributed by atoms with E-state index in [9.17, 15) is 0 Å². The second-order valence-electron chi connectivity index (χ2n) is 13.2. The van der Waals surface area contributed by atoms with Gasteiger partial charge in [0.1, 0.15) is 11.2 Å². The van der Waals surface area contributed by atoms with Gasteiger partial charge in [-0.15, -0.1) is 0 Å². The normalized spacial score (nSPS) is 11.4. The molecule has 2 heterocycles. The molecule has 0 saturated heterocycles. The lowest BCUT2D eigenvalue weighted by molar-refractivity contribution is 0.671. The molecule has 10 rings (SSSR count). The van der Waals surface area contributed by atoms with Gasteiger partial charge in [-0.1, -0.05) is 164 Å². The molecule has 0 spiro atoms. The number of rotatable bonds is 6. The highest BCUT2D eigenvalue weighted by atomic mass is 16.3. The first-order valence-electron chi connectivity index (χ1n) is 17.8. The van der Waals surface area contributed by atoms with Gasteiger partial charge < -0.3 is 4.42 Å². The first-order chi connectivity index (χ1) is 26.3. The van der Waals surface area contributed by atoms with Crippen molar-refractivity contribution in [3.63, 3.8) is 0 Å². The summed E-state index contributed by atoms with van der Waals surface area (Å²) in [6.45, 7) is 0. The Morgan fingerprint density at radius 1 is 0.302 bits per heavy atom. The Morgan fingerprint density at radius 2 is 0.830 bits per heavy atom. The lowest BCUT2D eigenvalue weighted by Crippen LogP contribution is -2.01. The molecule has 4 heteroatoms. The molecule has 4 nitrogen and oxygen atoms in total. The average molecular weight is 678 g/mol. The molecule has 0 unspecified atom stereocenters. The van der Waals surface area contributed by atoms with E-state index in [0.717, 1.165) is 82.8 Å². The molecule has 0 aliphatic rings. The van der Waals surface area contributed by atoms with Crippen LogP contribution >= 0.6 is 0 Å². The summed E-state index contributed by atoms with van der Waals surface area (Å²) >= 11 is 0. The van der Waals surface area contributed by atoms with E-state index in [0.29, 0.717) is 17.5 Å². The number of nitrogens with zero attached hydrogens (tertiary/aromatic N) is 3. The zero-order valence-electron chi connectivity index (χ0n) is 28.6. The number of aromatic nitrogens is 3. The van der Waals surface area contributed by atoms with Crippen LogP contribution in [-0.2, 0) is 0 Å². The van der Waals surface area contributed by atoms with Crippen molar-refractivity contribution >= 4 is 32.7 Å². The van der Waals surface area contributed by atoms with Crippen LogP contribution in [0.15, 0.2) is 192 Å². The first-order valence-corrected chi connectivity index (χ1v) is 17.8. The second-order valence-corrected chi connectivity index (χ2v) is 13.2. The maximum absolute atomic E-state index is 7.09. The highest BCUT2D eigenvalue weighted by Crippen LogP contribution is 2.46. The maximum atomic E-state index is 7.09. The molecule has 0 amide bonds. The average Bonchev–Trinajstić information content (AvgIpc) is 3.64. The van der Waals surface area contributed by atoms with Crippen molar-refractivity contribution in [2.75, 3.05) is 0 Å². The van der Waals surface area contributed by atoms with Crippen molar-refractivity contribution < 1.29 is 4.42 Å². The van der Waals surface area contributed by atoms with Crippen molar-refractivity contribution in [3.05, 3.63) is 188 Å². The van der Waals surface area contributed by atoms with Gasteiger partial charge in [0.25, 0.3) is 0 Å². The number of hydrogen-bond acceptors (Lipinski definition) is 4. The fourth-order valence-corrected chi connectivity index (χ4v) is 7.40. The molecule has 248 valence electrons. The SMILES string of the molecule is c1ccc(-c2cc(-c3ccccc3)c3oc4c(-c5ccccc5)ccc(-c5nc(-c6ccccc6)nc(-c6cccc7ccccc67)n5)c4c3c2)cc1. The van der Waals surface area contributed by atoms with Gasteiger partial charge in [0.05, 0.1) is 0 Å². The minimum Gasteiger partial charge on any atom is -0.455 e. The van der Waals surface area contributed by atoms with Crippen molar-refractivity contribution in [1.29, 1.82) is 0 Å². The van der Waals surface area contributed by atoms with E-state index in [1.54, 1.807) is 0 Å². The molecule has 53 heavy (non-hydrogen) atoms. The predicted molar refractivity (Wildman–Crippen MR) is 217 cm³/mol. The van der Waals surface area contributed by atoms with Crippen LogP contribution in [0.5, 0.6) is 0 Å². The first kappa shape index (κ1) is 30.6. The van der Waals surface area contributed by atoms with E-state index in [-0.39, 0.29) is 0 Å². The van der Waals surface area contributed by atoms with Crippen LogP contribution in [0.4, 0.5) is 0 Å². The van der Waals surface area contributed by atoms with Gasteiger partial charge in [0.2, 0.25) is 0 Å². The number of benzene rings is 8. The van der Waals surface area contributed by atoms with Gasteiger partial charge in [0.15, 0.2) is 17.5 Å². The molecule has 0 bridgehead atoms. The molecular formula is C49H31N3O. The molecule has 0 atom stereocenters. The summed E-state index contributed by atoms with van der Waals surface area (Å²) in [5.74, 6) is 1.82. The largest absolute Gasteiger partial charge is 0.455 e. The molecule has 10 aromatic rings. The lowest BCUT2D eigenvalue weighted by atomic mass is 9.93. The van der Waals surface area contributed by atoms with E-state index in [1.807, 2.05) is 42.5 Å². The summed E-state index contributed by atoms with van der Waals surface area (Å²) < 4.78 is 7.09. The Bertz CT molecular complexity index is 2920. The van der Waals surface area contributed by atoms with Crippen LogP contribution in [0.2, 0.25) is 0 Å². The Morgan fingerprint density at radius 3 is 1.53 bits per heavy atom. The third-order valence-electron chi connectivity index (χ3n) is 9.94. The zero-order chi connectivity index (χ0) is 35.1. The van der Waals surface area contributed by atoms with Crippen LogP contribution in [-0.4, -0.2) is 15.0 Å². The molecular weight excluding hydrogens is 647 g/mol. The smallest absolute Gasteiger partial charge is 0.164 e.